The molecule has 0 fully saturated rings. The number of nitro groups is 1. The van der Waals surface area contributed by atoms with Crippen molar-refractivity contribution < 1.29 is 14.5 Å². The number of Topliss-reactive ketones (excluding diaryl/α,β-unsaturated/α-hetero) is 1. The molecule has 0 spiro atoms. The molecule has 3 rings (SSSR count). The van der Waals surface area contributed by atoms with Gasteiger partial charge in [0, 0.05) is 18.6 Å². The average molecular weight is 430 g/mol. The first kappa shape index (κ1) is 20.8. The largest absolute Gasteiger partial charge is 0.324 e. The molecule has 0 bridgehead atoms. The van der Waals surface area contributed by atoms with Crippen molar-refractivity contribution in [3.8, 4) is 11.3 Å². The maximum absolute atomic E-state index is 12.4. The highest BCUT2D eigenvalue weighted by atomic mass is 32.1. The minimum absolute atomic E-state index is 0.00641. The van der Waals surface area contributed by atoms with Crippen LogP contribution in [0.3, 0.4) is 0 Å². The van der Waals surface area contributed by atoms with Gasteiger partial charge in [-0.3, -0.25) is 25.0 Å². The van der Waals surface area contributed by atoms with Crippen molar-refractivity contribution in [1.29, 1.82) is 0 Å². The highest BCUT2D eigenvalue weighted by Gasteiger charge is 2.21. The monoisotopic (exact) mass is 429 g/mol. The Balaban J connectivity index is 1.89. The van der Waals surface area contributed by atoms with Crippen LogP contribution in [0.2, 0.25) is 0 Å². The van der Waals surface area contributed by atoms with Gasteiger partial charge in [-0.2, -0.15) is 0 Å². The van der Waals surface area contributed by atoms with E-state index in [0.29, 0.717) is 10.6 Å². The van der Waals surface area contributed by atoms with Gasteiger partial charge in [0.2, 0.25) is 0 Å². The van der Waals surface area contributed by atoms with E-state index >= 15 is 0 Å². The van der Waals surface area contributed by atoms with Crippen LogP contribution in [0.25, 0.3) is 11.3 Å². The van der Waals surface area contributed by atoms with Gasteiger partial charge in [0.1, 0.15) is 0 Å². The van der Waals surface area contributed by atoms with Crippen molar-refractivity contribution in [1.82, 2.24) is 4.98 Å². The summed E-state index contributed by atoms with van der Waals surface area (Å²) in [7, 11) is 0. The zero-order valence-electron chi connectivity index (χ0n) is 16.3. The summed E-state index contributed by atoms with van der Waals surface area (Å²) in [5, 5.41) is 13.6. The number of carbonyl (C=O) groups excluding carboxylic acids is 2. The molecule has 0 radical (unpaired) electrons. The summed E-state index contributed by atoms with van der Waals surface area (Å²) in [6, 6.07) is 10.5. The molecule has 9 heteroatoms. The van der Waals surface area contributed by atoms with Crippen LogP contribution in [0, 0.1) is 10.1 Å². The fraction of sp³-hybridized carbons (Fsp3) is 0.250. The number of anilines is 1. The van der Waals surface area contributed by atoms with Crippen LogP contribution < -0.4 is 5.32 Å². The van der Waals surface area contributed by atoms with E-state index in [9.17, 15) is 19.7 Å². The Hall–Kier alpha value is -2.91. The van der Waals surface area contributed by atoms with Crippen LogP contribution in [0.5, 0.6) is 0 Å². The molecule has 7 nitrogen and oxygen atoms in total. The molecule has 0 saturated heterocycles. The quantitative estimate of drug-likeness (QED) is 0.326. The Morgan fingerprint density at radius 3 is 2.24 bits per heavy atom. The summed E-state index contributed by atoms with van der Waals surface area (Å²) in [6.45, 7) is 7.81. The van der Waals surface area contributed by atoms with Crippen molar-refractivity contribution in [2.75, 3.05) is 5.32 Å². The van der Waals surface area contributed by atoms with Crippen molar-refractivity contribution in [2.45, 2.75) is 33.1 Å². The molecule has 1 N–H and O–H groups in total. The lowest BCUT2D eigenvalue weighted by Crippen LogP contribution is -2.10. The van der Waals surface area contributed by atoms with E-state index in [-0.39, 0.29) is 26.2 Å². The lowest BCUT2D eigenvalue weighted by molar-refractivity contribution is -0.380. The number of hydrogen-bond acceptors (Lipinski definition) is 7. The molecule has 0 saturated carbocycles. The van der Waals surface area contributed by atoms with Gasteiger partial charge in [-0.05, 0) is 17.0 Å². The molecule has 150 valence electrons. The molecule has 0 atom stereocenters. The zero-order chi connectivity index (χ0) is 21.3. The van der Waals surface area contributed by atoms with Crippen LogP contribution >= 0.6 is 22.7 Å². The van der Waals surface area contributed by atoms with Gasteiger partial charge in [0.05, 0.1) is 20.4 Å². The molecule has 0 aliphatic heterocycles. The molecular formula is C20H19N3O4S2. The highest BCUT2D eigenvalue weighted by Crippen LogP contribution is 2.34. The van der Waals surface area contributed by atoms with Gasteiger partial charge in [0.25, 0.3) is 5.91 Å². The average Bonchev–Trinajstić information content (AvgIpc) is 3.28. The van der Waals surface area contributed by atoms with Gasteiger partial charge in [-0.25, -0.2) is 4.98 Å². The Bertz CT molecular complexity index is 1090. The smallest absolute Gasteiger partial charge is 0.297 e. The molecule has 2 heterocycles. The fourth-order valence-electron chi connectivity index (χ4n) is 2.64. The number of nitrogens with zero attached hydrogens (tertiary/aromatic N) is 2. The standard InChI is InChI=1S/C20H19N3O4S2/c1-11(24)17-16(12-5-7-13(8-6-12)20(2,3)4)21-19(29-17)22-18(25)14-9-10-15(28-14)23(26)27/h5-10H,1-4H3,(H,21,22,25). The van der Waals surface area contributed by atoms with Gasteiger partial charge in [0.15, 0.2) is 10.9 Å². The van der Waals surface area contributed by atoms with E-state index < -0.39 is 10.8 Å². The van der Waals surface area contributed by atoms with Crippen LogP contribution in [-0.4, -0.2) is 21.6 Å². The molecule has 0 unspecified atom stereocenters. The highest BCUT2D eigenvalue weighted by molar-refractivity contribution is 7.19. The van der Waals surface area contributed by atoms with Gasteiger partial charge in [-0.15, -0.1) is 0 Å². The van der Waals surface area contributed by atoms with Crippen LogP contribution in [0.1, 0.15) is 52.6 Å². The van der Waals surface area contributed by atoms with Crippen molar-refractivity contribution in [3.63, 3.8) is 0 Å². The van der Waals surface area contributed by atoms with Gasteiger partial charge in [-0.1, -0.05) is 67.7 Å². The second-order valence-corrected chi connectivity index (χ2v) is 9.49. The molecule has 1 amide bonds. The second-order valence-electron chi connectivity index (χ2n) is 7.43. The van der Waals surface area contributed by atoms with Crippen LogP contribution in [0.15, 0.2) is 36.4 Å². The summed E-state index contributed by atoms with van der Waals surface area (Å²) in [5.74, 6) is -0.647. The van der Waals surface area contributed by atoms with Crippen molar-refractivity contribution >= 4 is 44.5 Å². The van der Waals surface area contributed by atoms with E-state index in [1.807, 2.05) is 24.3 Å². The van der Waals surface area contributed by atoms with E-state index in [0.717, 1.165) is 33.8 Å². The SMILES string of the molecule is CC(=O)c1sc(NC(=O)c2ccc([N+](=O)[O-])s2)nc1-c1ccc(C(C)(C)C)cc1. The van der Waals surface area contributed by atoms with Crippen molar-refractivity contribution in [2.24, 2.45) is 0 Å². The van der Waals surface area contributed by atoms with Gasteiger partial charge < -0.3 is 0 Å². The predicted molar refractivity (Wildman–Crippen MR) is 115 cm³/mol. The van der Waals surface area contributed by atoms with Crippen molar-refractivity contribution in [3.05, 3.63) is 61.8 Å². The first-order chi connectivity index (χ1) is 13.6. The number of ketones is 1. The summed E-state index contributed by atoms with van der Waals surface area (Å²) in [4.78, 5) is 39.8. The van der Waals surface area contributed by atoms with E-state index in [2.05, 4.69) is 31.1 Å². The third-order valence-electron chi connectivity index (χ3n) is 4.19. The van der Waals surface area contributed by atoms with Crippen LogP contribution in [0.4, 0.5) is 10.1 Å². The third kappa shape index (κ3) is 4.57. The maximum Gasteiger partial charge on any atom is 0.324 e. The molecule has 0 aliphatic rings. The first-order valence-corrected chi connectivity index (χ1v) is 10.4. The Morgan fingerprint density at radius 2 is 1.72 bits per heavy atom. The number of rotatable bonds is 5. The lowest BCUT2D eigenvalue weighted by atomic mass is 9.86. The molecule has 3 aromatic rings. The maximum atomic E-state index is 12.4. The lowest BCUT2D eigenvalue weighted by Gasteiger charge is -2.19. The summed E-state index contributed by atoms with van der Waals surface area (Å²) in [5.41, 5.74) is 2.46. The topological polar surface area (TPSA) is 102 Å². The molecule has 29 heavy (non-hydrogen) atoms. The minimum Gasteiger partial charge on any atom is -0.297 e. The molecular weight excluding hydrogens is 410 g/mol. The number of nitrogens with one attached hydrogen (secondary N) is 1. The minimum atomic E-state index is -0.544. The molecule has 2 aromatic heterocycles. The first-order valence-electron chi connectivity index (χ1n) is 8.74. The zero-order valence-corrected chi connectivity index (χ0v) is 17.9. The van der Waals surface area contributed by atoms with Gasteiger partial charge >= 0.3 is 5.00 Å². The number of carbonyl (C=O) groups is 2. The Labute approximate surface area is 175 Å². The molecule has 1 aromatic carbocycles. The predicted octanol–water partition coefficient (Wildman–Crippen LogP) is 5.53. The number of aromatic nitrogens is 1. The third-order valence-corrected chi connectivity index (χ3v) is 6.29. The number of hydrogen-bond donors (Lipinski definition) is 1. The summed E-state index contributed by atoms with van der Waals surface area (Å²) < 4.78 is 0. The van der Waals surface area contributed by atoms with E-state index in [1.165, 1.54) is 19.1 Å². The van der Waals surface area contributed by atoms with E-state index in [1.54, 1.807) is 0 Å². The number of thiophene rings is 1. The summed E-state index contributed by atoms with van der Waals surface area (Å²) in [6.07, 6.45) is 0. The summed E-state index contributed by atoms with van der Waals surface area (Å²) >= 11 is 1.87. The Kier molecular flexibility index (Phi) is 5.63. The normalized spacial score (nSPS) is 11.3. The fourth-order valence-corrected chi connectivity index (χ4v) is 4.24. The van der Waals surface area contributed by atoms with Crippen LogP contribution in [-0.2, 0) is 5.41 Å². The number of benzene rings is 1. The van der Waals surface area contributed by atoms with E-state index in [4.69, 9.17) is 0 Å². The second kappa shape index (κ2) is 7.84. The Morgan fingerprint density at radius 1 is 1.07 bits per heavy atom. The number of thiazole rings is 1. The molecule has 0 aliphatic carbocycles. The number of amides is 1.